The summed E-state index contributed by atoms with van der Waals surface area (Å²) in [7, 11) is 0. The molecule has 14 heavy (non-hydrogen) atoms. The molecule has 1 rings (SSSR count). The van der Waals surface area contributed by atoms with Gasteiger partial charge >= 0.3 is 0 Å². The molecule has 0 spiro atoms. The summed E-state index contributed by atoms with van der Waals surface area (Å²) in [6.45, 7) is 0. The van der Waals surface area contributed by atoms with Gasteiger partial charge in [0, 0.05) is 5.56 Å². The first-order valence-corrected chi connectivity index (χ1v) is 4.45. The number of benzene rings is 1. The van der Waals surface area contributed by atoms with Gasteiger partial charge in [-0.25, -0.2) is 4.39 Å². The zero-order chi connectivity index (χ0) is 10.7. The second kappa shape index (κ2) is 4.41. The number of hydrogen-bond acceptors (Lipinski definition) is 2. The molecule has 1 aromatic carbocycles. The lowest BCUT2D eigenvalue weighted by Crippen LogP contribution is -2.08. The summed E-state index contributed by atoms with van der Waals surface area (Å²) < 4.78 is 13.0. The lowest BCUT2D eigenvalue weighted by molar-refractivity contribution is 0.101. The number of nitrogens with zero attached hydrogens (tertiary/aromatic N) is 1. The monoisotopic (exact) mass is 231 g/mol. The molecule has 0 bridgehead atoms. The van der Waals surface area contributed by atoms with Crippen LogP contribution in [0.15, 0.2) is 18.2 Å². The van der Waals surface area contributed by atoms with Crippen molar-refractivity contribution in [1.29, 1.82) is 5.26 Å². The summed E-state index contributed by atoms with van der Waals surface area (Å²) >= 11 is 10.6. The molecule has 0 fully saturated rings. The first-order valence-electron chi connectivity index (χ1n) is 3.58. The Balaban J connectivity index is 3.11. The van der Waals surface area contributed by atoms with Gasteiger partial charge in [-0.15, -0.1) is 0 Å². The van der Waals surface area contributed by atoms with E-state index in [2.05, 4.69) is 0 Å². The van der Waals surface area contributed by atoms with Gasteiger partial charge in [-0.2, -0.15) is 5.26 Å². The van der Waals surface area contributed by atoms with Crippen molar-refractivity contribution < 1.29 is 9.18 Å². The van der Waals surface area contributed by atoms with Crippen molar-refractivity contribution in [3.63, 3.8) is 0 Å². The van der Waals surface area contributed by atoms with Crippen molar-refractivity contribution in [1.82, 2.24) is 0 Å². The number of ketones is 1. The maximum absolute atomic E-state index is 13.0. The van der Waals surface area contributed by atoms with E-state index in [1.165, 1.54) is 12.1 Å². The van der Waals surface area contributed by atoms with Crippen LogP contribution in [0.1, 0.15) is 15.9 Å². The minimum Gasteiger partial charge on any atom is -0.291 e. The van der Waals surface area contributed by atoms with Crippen LogP contribution in [0, 0.1) is 17.1 Å². The van der Waals surface area contributed by atoms with E-state index >= 15 is 0 Å². The Bertz CT molecular complexity index is 412. The molecule has 0 N–H and O–H groups in total. The predicted molar refractivity (Wildman–Crippen MR) is 50.9 cm³/mol. The van der Waals surface area contributed by atoms with Crippen molar-refractivity contribution in [2.24, 2.45) is 0 Å². The lowest BCUT2D eigenvalue weighted by Gasteiger charge is -2.01. The van der Waals surface area contributed by atoms with E-state index in [0.29, 0.717) is 0 Å². The lowest BCUT2D eigenvalue weighted by atomic mass is 10.1. The number of nitriles is 1. The standard InChI is InChI=1S/C9H4Cl2FNO/c10-9(11)8(14)5-1-2-6(4-13)7(12)3-5/h1-3,9H. The van der Waals surface area contributed by atoms with Gasteiger partial charge in [-0.1, -0.05) is 23.2 Å². The third-order valence-corrected chi connectivity index (χ3v) is 1.97. The molecule has 0 atom stereocenters. The fraction of sp³-hybridized carbons (Fsp3) is 0.111. The van der Waals surface area contributed by atoms with Crippen molar-refractivity contribution in [3.05, 3.63) is 35.1 Å². The van der Waals surface area contributed by atoms with Gasteiger partial charge < -0.3 is 0 Å². The predicted octanol–water partition coefficient (Wildman–Crippen LogP) is 2.68. The van der Waals surface area contributed by atoms with Crippen LogP contribution < -0.4 is 0 Å². The SMILES string of the molecule is N#Cc1ccc(C(=O)C(Cl)Cl)cc1F. The third-order valence-electron chi connectivity index (χ3n) is 1.57. The van der Waals surface area contributed by atoms with Gasteiger partial charge in [0.2, 0.25) is 0 Å². The summed E-state index contributed by atoms with van der Waals surface area (Å²) in [4.78, 5) is 9.96. The minimum atomic E-state index is -1.22. The Morgan fingerprint density at radius 3 is 2.57 bits per heavy atom. The molecule has 0 aliphatic rings. The highest BCUT2D eigenvalue weighted by atomic mass is 35.5. The van der Waals surface area contributed by atoms with Crippen molar-refractivity contribution in [2.75, 3.05) is 0 Å². The number of carbonyl (C=O) groups excluding carboxylic acids is 1. The average molecular weight is 232 g/mol. The van der Waals surface area contributed by atoms with Crippen LogP contribution in [0.3, 0.4) is 0 Å². The number of alkyl halides is 2. The number of halogens is 3. The van der Waals surface area contributed by atoms with Gasteiger partial charge in [-0.3, -0.25) is 4.79 Å². The van der Waals surface area contributed by atoms with E-state index in [9.17, 15) is 9.18 Å². The highest BCUT2D eigenvalue weighted by molar-refractivity contribution is 6.55. The molecule has 0 saturated carbocycles. The molecule has 2 nitrogen and oxygen atoms in total. The highest BCUT2D eigenvalue weighted by Gasteiger charge is 2.15. The molecule has 0 heterocycles. The van der Waals surface area contributed by atoms with Crippen LogP contribution in [0.25, 0.3) is 0 Å². The van der Waals surface area contributed by atoms with Gasteiger partial charge in [-0.05, 0) is 18.2 Å². The maximum Gasteiger partial charge on any atom is 0.195 e. The first-order chi connectivity index (χ1) is 6.56. The van der Waals surface area contributed by atoms with Crippen molar-refractivity contribution >= 4 is 29.0 Å². The third kappa shape index (κ3) is 2.22. The summed E-state index contributed by atoms with van der Waals surface area (Å²) in [5, 5.41) is 8.43. The first kappa shape index (κ1) is 11.0. The van der Waals surface area contributed by atoms with Crippen LogP contribution >= 0.6 is 23.2 Å². The molecular formula is C9H4Cl2FNO. The Kier molecular flexibility index (Phi) is 3.45. The normalized spacial score (nSPS) is 9.93. The molecule has 1 aromatic rings. The van der Waals surface area contributed by atoms with Gasteiger partial charge in [0.1, 0.15) is 11.9 Å². The topological polar surface area (TPSA) is 40.9 Å². The number of carbonyl (C=O) groups is 1. The largest absolute Gasteiger partial charge is 0.291 e. The highest BCUT2D eigenvalue weighted by Crippen LogP contribution is 2.15. The summed E-state index contributed by atoms with van der Waals surface area (Å²) in [5.74, 6) is -1.34. The van der Waals surface area contributed by atoms with Crippen LogP contribution in [0.2, 0.25) is 0 Å². The van der Waals surface area contributed by atoms with E-state index in [1.807, 2.05) is 0 Å². The van der Waals surface area contributed by atoms with Crippen LogP contribution in [0.4, 0.5) is 4.39 Å². The molecule has 0 aliphatic carbocycles. The Morgan fingerprint density at radius 2 is 2.14 bits per heavy atom. The average Bonchev–Trinajstić information content (AvgIpc) is 2.16. The summed E-state index contributed by atoms with van der Waals surface area (Å²) in [6, 6.07) is 5.10. The smallest absolute Gasteiger partial charge is 0.195 e. The zero-order valence-corrected chi connectivity index (χ0v) is 8.31. The Hall–Kier alpha value is -1.11. The maximum atomic E-state index is 13.0. The van der Waals surface area contributed by atoms with E-state index in [1.54, 1.807) is 6.07 Å². The second-order valence-corrected chi connectivity index (χ2v) is 3.57. The molecule has 0 amide bonds. The van der Waals surface area contributed by atoms with Gasteiger partial charge in [0.15, 0.2) is 10.6 Å². The fourth-order valence-electron chi connectivity index (χ4n) is 0.885. The van der Waals surface area contributed by atoms with Gasteiger partial charge in [0.25, 0.3) is 0 Å². The van der Waals surface area contributed by atoms with Crippen LogP contribution in [-0.2, 0) is 0 Å². The Morgan fingerprint density at radius 1 is 1.50 bits per heavy atom. The van der Waals surface area contributed by atoms with E-state index in [0.717, 1.165) is 6.07 Å². The molecule has 0 unspecified atom stereocenters. The van der Waals surface area contributed by atoms with Crippen molar-refractivity contribution in [3.8, 4) is 6.07 Å². The number of rotatable bonds is 2. The van der Waals surface area contributed by atoms with E-state index < -0.39 is 16.4 Å². The molecular weight excluding hydrogens is 228 g/mol. The zero-order valence-electron chi connectivity index (χ0n) is 6.80. The molecule has 72 valence electrons. The quantitative estimate of drug-likeness (QED) is 0.580. The van der Waals surface area contributed by atoms with Crippen LogP contribution in [0.5, 0.6) is 0 Å². The van der Waals surface area contributed by atoms with E-state index in [4.69, 9.17) is 28.5 Å². The summed E-state index contributed by atoms with van der Waals surface area (Å²) in [6.07, 6.45) is 0. The molecule has 5 heteroatoms. The number of hydrogen-bond donors (Lipinski definition) is 0. The Labute approximate surface area is 89.9 Å². The fourth-order valence-corrected chi connectivity index (χ4v) is 1.14. The molecule has 0 aliphatic heterocycles. The van der Waals surface area contributed by atoms with E-state index in [-0.39, 0.29) is 11.1 Å². The van der Waals surface area contributed by atoms with Crippen molar-refractivity contribution in [2.45, 2.75) is 4.84 Å². The summed E-state index contributed by atoms with van der Waals surface area (Å²) in [5.41, 5.74) is -0.0706. The van der Waals surface area contributed by atoms with Gasteiger partial charge in [0.05, 0.1) is 5.56 Å². The second-order valence-electron chi connectivity index (χ2n) is 2.47. The number of Topliss-reactive ketones (excluding diaryl/α,β-unsaturated/α-hetero) is 1. The minimum absolute atomic E-state index is 0.0523. The molecule has 0 radical (unpaired) electrons. The molecule has 0 saturated heterocycles. The molecule has 0 aromatic heterocycles. The van der Waals surface area contributed by atoms with Crippen LogP contribution in [-0.4, -0.2) is 10.6 Å².